The van der Waals surface area contributed by atoms with Crippen LogP contribution >= 0.6 is 0 Å². The van der Waals surface area contributed by atoms with Crippen molar-refractivity contribution in [3.63, 3.8) is 0 Å². The molecule has 2 aromatic carbocycles. The minimum absolute atomic E-state index is 0.0945. The number of ether oxygens (including phenoxy) is 2. The zero-order valence-electron chi connectivity index (χ0n) is 16.0. The number of hydrogen-bond acceptors (Lipinski definition) is 4. The van der Waals surface area contributed by atoms with Crippen molar-refractivity contribution in [2.75, 3.05) is 32.8 Å². The number of halogens is 1. The Morgan fingerprint density at radius 3 is 2.38 bits per heavy atom. The fraction of sp³-hybridized carbons (Fsp3) is 0.364. The smallest absolute Gasteiger partial charge is 0.254 e. The van der Waals surface area contributed by atoms with Crippen LogP contribution in [0.3, 0.4) is 0 Å². The van der Waals surface area contributed by atoms with Crippen molar-refractivity contribution in [1.29, 1.82) is 0 Å². The molecule has 0 N–H and O–H groups in total. The molecule has 0 aliphatic carbocycles. The number of carbonyl (C=O) groups is 2. The van der Waals surface area contributed by atoms with Gasteiger partial charge in [-0.25, -0.2) is 4.39 Å². The summed E-state index contributed by atoms with van der Waals surface area (Å²) >= 11 is 0. The quantitative estimate of drug-likeness (QED) is 0.793. The van der Waals surface area contributed by atoms with Gasteiger partial charge in [0.1, 0.15) is 23.7 Å². The maximum absolute atomic E-state index is 13.3. The van der Waals surface area contributed by atoms with E-state index < -0.39 is 11.9 Å². The monoisotopic (exact) mass is 398 g/mol. The first kappa shape index (κ1) is 19.4. The Labute approximate surface area is 168 Å². The topological polar surface area (TPSA) is 59.1 Å². The van der Waals surface area contributed by atoms with Crippen molar-refractivity contribution < 1.29 is 23.5 Å². The Hall–Kier alpha value is -2.93. The molecule has 2 fully saturated rings. The molecule has 2 saturated heterocycles. The zero-order chi connectivity index (χ0) is 20.2. The molecule has 0 saturated carbocycles. The minimum Gasteiger partial charge on any atom is -0.488 e. The lowest BCUT2D eigenvalue weighted by molar-refractivity contribution is -0.139. The van der Waals surface area contributed by atoms with Crippen LogP contribution in [0.2, 0.25) is 0 Å². The molecule has 7 heteroatoms. The van der Waals surface area contributed by atoms with Crippen molar-refractivity contribution in [3.05, 3.63) is 66.0 Å². The molecule has 2 atom stereocenters. The molecule has 4 rings (SSSR count). The molecule has 0 bridgehead atoms. The Morgan fingerprint density at radius 1 is 1.00 bits per heavy atom. The molecule has 2 aliphatic rings. The number of rotatable bonds is 4. The van der Waals surface area contributed by atoms with Gasteiger partial charge in [-0.15, -0.1) is 0 Å². The number of benzene rings is 2. The van der Waals surface area contributed by atoms with E-state index in [-0.39, 0.29) is 17.9 Å². The number of para-hydroxylation sites is 1. The van der Waals surface area contributed by atoms with E-state index in [1.807, 2.05) is 30.3 Å². The van der Waals surface area contributed by atoms with Crippen LogP contribution in [0.4, 0.5) is 4.39 Å². The second-order valence-corrected chi connectivity index (χ2v) is 7.21. The molecule has 0 spiro atoms. The van der Waals surface area contributed by atoms with Crippen LogP contribution in [0, 0.1) is 5.82 Å². The van der Waals surface area contributed by atoms with Gasteiger partial charge in [0.05, 0.1) is 19.8 Å². The van der Waals surface area contributed by atoms with Crippen molar-refractivity contribution >= 4 is 11.8 Å². The van der Waals surface area contributed by atoms with Gasteiger partial charge in [0, 0.05) is 25.1 Å². The molecule has 2 amide bonds. The van der Waals surface area contributed by atoms with Gasteiger partial charge in [0.15, 0.2) is 0 Å². The predicted molar refractivity (Wildman–Crippen MR) is 104 cm³/mol. The second-order valence-electron chi connectivity index (χ2n) is 7.21. The largest absolute Gasteiger partial charge is 0.488 e. The van der Waals surface area contributed by atoms with E-state index in [1.165, 1.54) is 24.3 Å². The van der Waals surface area contributed by atoms with E-state index in [1.54, 1.807) is 9.80 Å². The van der Waals surface area contributed by atoms with Gasteiger partial charge < -0.3 is 19.3 Å². The Kier molecular flexibility index (Phi) is 5.76. The van der Waals surface area contributed by atoms with Crippen LogP contribution < -0.4 is 4.74 Å². The molecule has 152 valence electrons. The van der Waals surface area contributed by atoms with Crippen LogP contribution in [0.1, 0.15) is 16.8 Å². The zero-order valence-corrected chi connectivity index (χ0v) is 16.0. The van der Waals surface area contributed by atoms with E-state index >= 15 is 0 Å². The average Bonchev–Trinajstić information content (AvgIpc) is 3.18. The van der Waals surface area contributed by atoms with E-state index in [0.717, 1.165) is 0 Å². The fourth-order valence-corrected chi connectivity index (χ4v) is 3.79. The second kappa shape index (κ2) is 8.61. The highest BCUT2D eigenvalue weighted by Gasteiger charge is 2.42. The third kappa shape index (κ3) is 4.40. The van der Waals surface area contributed by atoms with Crippen molar-refractivity contribution in [2.45, 2.75) is 18.6 Å². The summed E-state index contributed by atoms with van der Waals surface area (Å²) in [5.74, 6) is -0.0981. The summed E-state index contributed by atoms with van der Waals surface area (Å²) in [5, 5.41) is 0. The van der Waals surface area contributed by atoms with Gasteiger partial charge in [0.2, 0.25) is 5.91 Å². The number of morpholine rings is 1. The third-order valence-electron chi connectivity index (χ3n) is 5.27. The van der Waals surface area contributed by atoms with Crippen molar-refractivity contribution in [3.8, 4) is 5.75 Å². The molecule has 6 nitrogen and oxygen atoms in total. The first-order valence-corrected chi connectivity index (χ1v) is 9.76. The van der Waals surface area contributed by atoms with Gasteiger partial charge in [-0.05, 0) is 36.4 Å². The lowest BCUT2D eigenvalue weighted by atomic mass is 10.1. The number of amides is 2. The first-order chi connectivity index (χ1) is 14.1. The molecule has 2 unspecified atom stereocenters. The number of likely N-dealkylation sites (tertiary alicyclic amines) is 1. The Balaban J connectivity index is 1.55. The SMILES string of the molecule is O=C(C1CC(Oc2ccccc2)CN1C(=O)c1ccc(F)cc1)N1CCOCC1. The van der Waals surface area contributed by atoms with Gasteiger partial charge in [0.25, 0.3) is 5.91 Å². The summed E-state index contributed by atoms with van der Waals surface area (Å²) in [7, 11) is 0. The van der Waals surface area contributed by atoms with Crippen molar-refractivity contribution in [2.24, 2.45) is 0 Å². The molecule has 29 heavy (non-hydrogen) atoms. The Morgan fingerprint density at radius 2 is 1.69 bits per heavy atom. The molecular formula is C22H23FN2O4. The molecule has 2 heterocycles. The standard InChI is InChI=1S/C22H23FN2O4/c23-17-8-6-16(7-9-17)21(26)25-15-19(29-18-4-2-1-3-5-18)14-20(25)22(27)24-10-12-28-13-11-24/h1-9,19-20H,10-15H2. The molecular weight excluding hydrogens is 375 g/mol. The summed E-state index contributed by atoms with van der Waals surface area (Å²) in [4.78, 5) is 29.6. The number of nitrogens with zero attached hydrogens (tertiary/aromatic N) is 2. The van der Waals surface area contributed by atoms with Crippen LogP contribution in [-0.2, 0) is 9.53 Å². The summed E-state index contributed by atoms with van der Waals surface area (Å²) in [6.07, 6.45) is 0.120. The fourth-order valence-electron chi connectivity index (χ4n) is 3.79. The molecule has 0 radical (unpaired) electrons. The van der Waals surface area contributed by atoms with Crippen LogP contribution in [0.5, 0.6) is 5.75 Å². The molecule has 0 aromatic heterocycles. The van der Waals surface area contributed by atoms with E-state index in [4.69, 9.17) is 9.47 Å². The third-order valence-corrected chi connectivity index (χ3v) is 5.27. The highest BCUT2D eigenvalue weighted by molar-refractivity contribution is 5.98. The van der Waals surface area contributed by atoms with E-state index in [9.17, 15) is 14.0 Å². The van der Waals surface area contributed by atoms with Gasteiger partial charge in [-0.2, -0.15) is 0 Å². The lowest BCUT2D eigenvalue weighted by Crippen LogP contribution is -2.51. The maximum Gasteiger partial charge on any atom is 0.254 e. The van der Waals surface area contributed by atoms with Crippen LogP contribution in [0.25, 0.3) is 0 Å². The normalized spacial score (nSPS) is 21.8. The van der Waals surface area contributed by atoms with Crippen LogP contribution in [-0.4, -0.2) is 66.6 Å². The summed E-state index contributed by atoms with van der Waals surface area (Å²) in [5.41, 5.74) is 0.353. The highest BCUT2D eigenvalue weighted by atomic mass is 19.1. The average molecular weight is 398 g/mol. The van der Waals surface area contributed by atoms with Crippen molar-refractivity contribution in [1.82, 2.24) is 9.80 Å². The van der Waals surface area contributed by atoms with Gasteiger partial charge >= 0.3 is 0 Å². The predicted octanol–water partition coefficient (Wildman–Crippen LogP) is 2.35. The molecule has 2 aliphatic heterocycles. The highest BCUT2D eigenvalue weighted by Crippen LogP contribution is 2.26. The Bertz CT molecular complexity index is 853. The summed E-state index contributed by atoms with van der Waals surface area (Å²) < 4.78 is 24.6. The minimum atomic E-state index is -0.612. The summed E-state index contributed by atoms with van der Waals surface area (Å²) in [6.45, 7) is 2.31. The lowest BCUT2D eigenvalue weighted by Gasteiger charge is -2.32. The summed E-state index contributed by atoms with van der Waals surface area (Å²) in [6, 6.07) is 14.1. The van der Waals surface area contributed by atoms with Gasteiger partial charge in [-0.1, -0.05) is 18.2 Å². The van der Waals surface area contributed by atoms with Crippen LogP contribution in [0.15, 0.2) is 54.6 Å². The van der Waals surface area contributed by atoms with E-state index in [0.29, 0.717) is 50.6 Å². The number of hydrogen-bond donors (Lipinski definition) is 0. The van der Waals surface area contributed by atoms with E-state index in [2.05, 4.69) is 0 Å². The molecule has 2 aromatic rings. The van der Waals surface area contributed by atoms with Gasteiger partial charge in [-0.3, -0.25) is 9.59 Å². The maximum atomic E-state index is 13.3. The first-order valence-electron chi connectivity index (χ1n) is 9.76. The number of carbonyl (C=O) groups excluding carboxylic acids is 2.